The van der Waals surface area contributed by atoms with Crippen LogP contribution in [0, 0.1) is 29.6 Å². The standard InChI is InChI=1S/C10H13Cl/c11-7-10-8-5-3-1-2-4-6-9(8)10/h8-10H,3-7H2. The van der Waals surface area contributed by atoms with Crippen molar-refractivity contribution in [1.82, 2.24) is 0 Å². The molecule has 2 unspecified atom stereocenters. The van der Waals surface area contributed by atoms with Crippen molar-refractivity contribution in [2.75, 3.05) is 5.88 Å². The molecule has 0 nitrogen and oxygen atoms in total. The smallest absolute Gasteiger partial charge is 0.0257 e. The molecule has 0 spiro atoms. The molecule has 0 N–H and O–H groups in total. The van der Waals surface area contributed by atoms with Gasteiger partial charge in [-0.05, 0) is 30.6 Å². The minimum Gasteiger partial charge on any atom is -0.126 e. The zero-order valence-electron chi connectivity index (χ0n) is 6.65. The number of halogens is 1. The van der Waals surface area contributed by atoms with Crippen LogP contribution in [0.4, 0.5) is 0 Å². The molecule has 0 heterocycles. The summed E-state index contributed by atoms with van der Waals surface area (Å²) in [6.45, 7) is 0. The van der Waals surface area contributed by atoms with Crippen LogP contribution in [0.1, 0.15) is 25.7 Å². The number of fused-ring (bicyclic) bond motifs is 1. The van der Waals surface area contributed by atoms with Crippen LogP contribution in [0.3, 0.4) is 0 Å². The van der Waals surface area contributed by atoms with Crippen LogP contribution in [0.15, 0.2) is 0 Å². The summed E-state index contributed by atoms with van der Waals surface area (Å²) in [6, 6.07) is 0. The number of hydrogen-bond donors (Lipinski definition) is 0. The molecule has 0 aromatic rings. The van der Waals surface area contributed by atoms with E-state index in [1.165, 1.54) is 12.8 Å². The molecule has 0 aliphatic heterocycles. The maximum Gasteiger partial charge on any atom is 0.0257 e. The maximum absolute atomic E-state index is 5.84. The van der Waals surface area contributed by atoms with Gasteiger partial charge in [0.25, 0.3) is 0 Å². The van der Waals surface area contributed by atoms with Gasteiger partial charge in [-0.1, -0.05) is 0 Å². The van der Waals surface area contributed by atoms with Crippen molar-refractivity contribution < 1.29 is 0 Å². The summed E-state index contributed by atoms with van der Waals surface area (Å²) in [4.78, 5) is 0. The van der Waals surface area contributed by atoms with Crippen molar-refractivity contribution in [1.29, 1.82) is 0 Å². The van der Waals surface area contributed by atoms with Crippen molar-refractivity contribution in [2.24, 2.45) is 17.8 Å². The number of hydrogen-bond acceptors (Lipinski definition) is 0. The van der Waals surface area contributed by atoms with Gasteiger partial charge in [0.05, 0.1) is 0 Å². The lowest BCUT2D eigenvalue weighted by Crippen LogP contribution is -1.85. The summed E-state index contributed by atoms with van der Waals surface area (Å²) in [5.41, 5.74) is 0. The average Bonchev–Trinajstić information content (AvgIpc) is 2.60. The van der Waals surface area contributed by atoms with Gasteiger partial charge in [0.2, 0.25) is 0 Å². The topological polar surface area (TPSA) is 0 Å². The van der Waals surface area contributed by atoms with Crippen LogP contribution in [-0.2, 0) is 0 Å². The van der Waals surface area contributed by atoms with Gasteiger partial charge in [0.1, 0.15) is 0 Å². The maximum atomic E-state index is 5.84. The molecule has 0 saturated heterocycles. The first-order valence-electron chi connectivity index (χ1n) is 4.45. The van der Waals surface area contributed by atoms with Gasteiger partial charge in [-0.3, -0.25) is 0 Å². The average molecular weight is 169 g/mol. The van der Waals surface area contributed by atoms with Crippen molar-refractivity contribution in [2.45, 2.75) is 25.7 Å². The lowest BCUT2D eigenvalue weighted by atomic mass is 10.1. The largest absolute Gasteiger partial charge is 0.126 e. The first-order chi connectivity index (χ1) is 5.43. The molecule has 1 heteroatoms. The third-order valence-corrected chi connectivity index (χ3v) is 3.37. The summed E-state index contributed by atoms with van der Waals surface area (Å²) in [7, 11) is 0. The van der Waals surface area contributed by atoms with E-state index in [1.54, 1.807) is 0 Å². The van der Waals surface area contributed by atoms with Gasteiger partial charge in [-0.25, -0.2) is 0 Å². The van der Waals surface area contributed by atoms with Crippen LogP contribution in [0.25, 0.3) is 0 Å². The van der Waals surface area contributed by atoms with Gasteiger partial charge in [-0.2, -0.15) is 0 Å². The molecule has 0 bridgehead atoms. The monoisotopic (exact) mass is 168 g/mol. The molecule has 1 saturated carbocycles. The Bertz CT molecular complexity index is 181. The Morgan fingerprint density at radius 1 is 1.09 bits per heavy atom. The lowest BCUT2D eigenvalue weighted by Gasteiger charge is -1.96. The third-order valence-electron chi connectivity index (χ3n) is 3.02. The SMILES string of the molecule is ClCC1C2CCC#CCCC12. The zero-order valence-corrected chi connectivity index (χ0v) is 7.40. The first-order valence-corrected chi connectivity index (χ1v) is 4.98. The third kappa shape index (κ3) is 1.40. The normalized spacial score (nSPS) is 41.0. The molecule has 2 aliphatic carbocycles. The molecule has 2 rings (SSSR count). The summed E-state index contributed by atoms with van der Waals surface area (Å²) in [6.07, 6.45) is 4.81. The van der Waals surface area contributed by atoms with Crippen molar-refractivity contribution in [3.05, 3.63) is 0 Å². The molecular formula is C10H13Cl. The highest BCUT2D eigenvalue weighted by atomic mass is 35.5. The Morgan fingerprint density at radius 3 is 2.09 bits per heavy atom. The van der Waals surface area contributed by atoms with E-state index in [-0.39, 0.29) is 0 Å². The molecule has 2 atom stereocenters. The van der Waals surface area contributed by atoms with Crippen LogP contribution >= 0.6 is 11.6 Å². The van der Waals surface area contributed by atoms with Gasteiger partial charge in [0, 0.05) is 18.7 Å². The molecular weight excluding hydrogens is 156 g/mol. The highest BCUT2D eigenvalue weighted by molar-refractivity contribution is 6.18. The fourth-order valence-corrected chi connectivity index (χ4v) is 2.72. The van der Waals surface area contributed by atoms with E-state index in [9.17, 15) is 0 Å². The van der Waals surface area contributed by atoms with Crippen molar-refractivity contribution in [3.8, 4) is 11.8 Å². The van der Waals surface area contributed by atoms with Crippen LogP contribution < -0.4 is 0 Å². The van der Waals surface area contributed by atoms with E-state index >= 15 is 0 Å². The minimum absolute atomic E-state index is 0.832. The van der Waals surface area contributed by atoms with Gasteiger partial charge in [-0.15, -0.1) is 23.4 Å². The summed E-state index contributed by atoms with van der Waals surface area (Å²) >= 11 is 5.84. The summed E-state index contributed by atoms with van der Waals surface area (Å²) in [5, 5.41) is 0. The fourth-order valence-electron chi connectivity index (χ4n) is 2.26. The van der Waals surface area contributed by atoms with Gasteiger partial charge >= 0.3 is 0 Å². The molecule has 60 valence electrons. The van der Waals surface area contributed by atoms with E-state index in [0.29, 0.717) is 0 Å². The van der Waals surface area contributed by atoms with Crippen LogP contribution in [-0.4, -0.2) is 5.88 Å². The van der Waals surface area contributed by atoms with E-state index < -0.39 is 0 Å². The Balaban J connectivity index is 1.93. The predicted octanol–water partition coefficient (Wildman–Crippen LogP) is 2.66. The van der Waals surface area contributed by atoms with Gasteiger partial charge < -0.3 is 0 Å². The Labute approximate surface area is 73.3 Å². The highest BCUT2D eigenvalue weighted by Crippen LogP contribution is 2.52. The zero-order chi connectivity index (χ0) is 7.68. The Kier molecular flexibility index (Phi) is 2.09. The second-order valence-corrected chi connectivity index (χ2v) is 3.89. The molecule has 0 amide bonds. The number of rotatable bonds is 1. The van der Waals surface area contributed by atoms with E-state index in [0.717, 1.165) is 36.5 Å². The number of alkyl halides is 1. The van der Waals surface area contributed by atoms with Crippen molar-refractivity contribution in [3.63, 3.8) is 0 Å². The molecule has 1 fully saturated rings. The highest BCUT2D eigenvalue weighted by Gasteiger charge is 2.47. The fraction of sp³-hybridized carbons (Fsp3) is 0.800. The summed E-state index contributed by atoms with van der Waals surface area (Å²) in [5.74, 6) is 9.96. The molecule has 0 aromatic carbocycles. The second-order valence-electron chi connectivity index (χ2n) is 3.58. The van der Waals surface area contributed by atoms with Crippen LogP contribution in [0.5, 0.6) is 0 Å². The van der Waals surface area contributed by atoms with Crippen molar-refractivity contribution >= 4 is 11.6 Å². The minimum atomic E-state index is 0.832. The summed E-state index contributed by atoms with van der Waals surface area (Å²) < 4.78 is 0. The first kappa shape index (κ1) is 7.50. The second kappa shape index (κ2) is 3.07. The lowest BCUT2D eigenvalue weighted by molar-refractivity contribution is 0.618. The molecule has 0 aromatic heterocycles. The Hall–Kier alpha value is -0.150. The van der Waals surface area contributed by atoms with E-state index in [2.05, 4.69) is 11.8 Å². The molecule has 11 heavy (non-hydrogen) atoms. The molecule has 2 aliphatic rings. The predicted molar refractivity (Wildman–Crippen MR) is 47.4 cm³/mol. The van der Waals surface area contributed by atoms with Gasteiger partial charge in [0.15, 0.2) is 0 Å². The molecule has 0 radical (unpaired) electrons. The quantitative estimate of drug-likeness (QED) is 0.417. The van der Waals surface area contributed by atoms with Crippen LogP contribution in [0.2, 0.25) is 0 Å². The van der Waals surface area contributed by atoms with E-state index in [1.807, 2.05) is 0 Å². The van der Waals surface area contributed by atoms with E-state index in [4.69, 9.17) is 11.6 Å². The Morgan fingerprint density at radius 2 is 1.64 bits per heavy atom.